The van der Waals surface area contributed by atoms with Gasteiger partial charge in [0.2, 0.25) is 0 Å². The molecule has 0 unspecified atom stereocenters. The van der Waals surface area contributed by atoms with Crippen molar-refractivity contribution in [2.24, 2.45) is 5.41 Å². The quantitative estimate of drug-likeness (QED) is 0.566. The standard InChI is InChI=1S/C28H31FN4O4/c1-27(2,3)37-26(34)33-16-28(17-33)18-35-25(36-19-28)10-11-32(23-8-5-20(13-30)6-9-23)15-21-4-7-22(14-31)24(29)12-21/h4-9,12,25H,10-11,15-19H2,1-3H3. The minimum atomic E-state index is -0.551. The van der Waals surface area contributed by atoms with Crippen molar-refractivity contribution in [3.8, 4) is 12.1 Å². The van der Waals surface area contributed by atoms with E-state index < -0.39 is 17.7 Å². The van der Waals surface area contributed by atoms with Crippen molar-refractivity contribution in [2.45, 2.75) is 45.6 Å². The Bertz CT molecular complexity index is 1200. The van der Waals surface area contributed by atoms with E-state index in [9.17, 15) is 9.18 Å². The molecular formula is C28H31FN4O4. The molecule has 9 heteroatoms. The maximum Gasteiger partial charge on any atom is 0.410 e. The van der Waals surface area contributed by atoms with Crippen LogP contribution in [0.15, 0.2) is 42.5 Å². The van der Waals surface area contributed by atoms with Gasteiger partial charge in [-0.1, -0.05) is 6.07 Å². The first-order valence-electron chi connectivity index (χ1n) is 12.2. The number of benzene rings is 2. The summed E-state index contributed by atoms with van der Waals surface area (Å²) < 4.78 is 31.7. The summed E-state index contributed by atoms with van der Waals surface area (Å²) in [5, 5.41) is 18.1. The van der Waals surface area contributed by atoms with E-state index in [0.29, 0.717) is 51.4 Å². The molecule has 2 saturated heterocycles. The van der Waals surface area contributed by atoms with Crippen molar-refractivity contribution in [1.29, 1.82) is 10.5 Å². The molecule has 8 nitrogen and oxygen atoms in total. The molecule has 0 N–H and O–H groups in total. The molecule has 4 rings (SSSR count). The second kappa shape index (κ2) is 10.8. The minimum Gasteiger partial charge on any atom is -0.444 e. The highest BCUT2D eigenvalue weighted by Crippen LogP contribution is 2.36. The average Bonchev–Trinajstić information content (AvgIpc) is 2.84. The minimum absolute atomic E-state index is 0.00726. The number of nitrogens with zero attached hydrogens (tertiary/aromatic N) is 4. The van der Waals surface area contributed by atoms with Crippen molar-refractivity contribution in [3.63, 3.8) is 0 Å². The fourth-order valence-corrected chi connectivity index (χ4v) is 4.47. The number of amides is 1. The lowest BCUT2D eigenvalue weighted by atomic mass is 9.81. The zero-order valence-electron chi connectivity index (χ0n) is 21.4. The maximum absolute atomic E-state index is 14.2. The second-order valence-corrected chi connectivity index (χ2v) is 10.7. The molecule has 2 aromatic rings. The fraction of sp³-hybridized carbons (Fsp3) is 0.464. The van der Waals surface area contributed by atoms with E-state index in [1.165, 1.54) is 12.1 Å². The third-order valence-corrected chi connectivity index (χ3v) is 6.38. The Labute approximate surface area is 216 Å². The maximum atomic E-state index is 14.2. The second-order valence-electron chi connectivity index (χ2n) is 10.7. The summed E-state index contributed by atoms with van der Waals surface area (Å²) in [6.07, 6.45) is -0.151. The van der Waals surface area contributed by atoms with Crippen LogP contribution in [-0.2, 0) is 20.8 Å². The first kappa shape index (κ1) is 26.4. The van der Waals surface area contributed by atoms with Crippen molar-refractivity contribution in [2.75, 3.05) is 37.7 Å². The number of carbonyl (C=O) groups excluding carboxylic acids is 1. The monoisotopic (exact) mass is 506 g/mol. The van der Waals surface area contributed by atoms with Crippen molar-refractivity contribution >= 4 is 11.8 Å². The molecule has 194 valence electrons. The Morgan fingerprint density at radius 2 is 1.81 bits per heavy atom. The predicted octanol–water partition coefficient (Wildman–Crippen LogP) is 4.58. The van der Waals surface area contributed by atoms with Gasteiger partial charge in [-0.2, -0.15) is 10.5 Å². The third kappa shape index (κ3) is 6.56. The first-order chi connectivity index (χ1) is 17.6. The van der Waals surface area contributed by atoms with Gasteiger partial charge in [0.05, 0.1) is 35.8 Å². The number of hydrogen-bond donors (Lipinski definition) is 0. The summed E-state index contributed by atoms with van der Waals surface area (Å²) in [5.41, 5.74) is 1.42. The van der Waals surface area contributed by atoms with Gasteiger partial charge >= 0.3 is 6.09 Å². The Hall–Kier alpha value is -3.66. The van der Waals surface area contributed by atoms with E-state index in [0.717, 1.165) is 11.3 Å². The van der Waals surface area contributed by atoms with Gasteiger partial charge in [-0.15, -0.1) is 0 Å². The van der Waals surface area contributed by atoms with Crippen molar-refractivity contribution < 1.29 is 23.4 Å². The zero-order valence-corrected chi connectivity index (χ0v) is 21.4. The van der Waals surface area contributed by atoms with Crippen LogP contribution in [0.3, 0.4) is 0 Å². The Kier molecular flexibility index (Phi) is 7.68. The van der Waals surface area contributed by atoms with Crippen LogP contribution in [0.5, 0.6) is 0 Å². The van der Waals surface area contributed by atoms with E-state index in [1.54, 1.807) is 23.1 Å². The zero-order chi connectivity index (χ0) is 26.6. The van der Waals surface area contributed by atoms with Crippen LogP contribution >= 0.6 is 0 Å². The van der Waals surface area contributed by atoms with Crippen LogP contribution in [0.25, 0.3) is 0 Å². The molecule has 2 aliphatic heterocycles. The highest BCUT2D eigenvalue weighted by Gasteiger charge is 2.49. The van der Waals surface area contributed by atoms with E-state index >= 15 is 0 Å². The van der Waals surface area contributed by atoms with Gasteiger partial charge < -0.3 is 24.0 Å². The smallest absolute Gasteiger partial charge is 0.410 e. The number of ether oxygens (including phenoxy) is 3. The number of rotatable bonds is 6. The highest BCUT2D eigenvalue weighted by atomic mass is 19.1. The van der Waals surface area contributed by atoms with E-state index in [2.05, 4.69) is 11.0 Å². The van der Waals surface area contributed by atoms with Gasteiger partial charge in [0.1, 0.15) is 17.5 Å². The van der Waals surface area contributed by atoms with Gasteiger partial charge in [-0.25, -0.2) is 9.18 Å². The van der Waals surface area contributed by atoms with Gasteiger partial charge in [0.15, 0.2) is 6.29 Å². The molecule has 37 heavy (non-hydrogen) atoms. The number of likely N-dealkylation sites (tertiary alicyclic amines) is 1. The summed E-state index contributed by atoms with van der Waals surface area (Å²) in [6.45, 7) is 8.58. The lowest BCUT2D eigenvalue weighted by Gasteiger charge is -2.52. The number of halogens is 1. The molecule has 0 radical (unpaired) electrons. The van der Waals surface area contributed by atoms with Crippen LogP contribution in [0.4, 0.5) is 14.9 Å². The molecule has 0 saturated carbocycles. The number of nitriles is 2. The van der Waals surface area contributed by atoms with Gasteiger partial charge in [-0.05, 0) is 62.7 Å². The van der Waals surface area contributed by atoms with E-state index in [1.807, 2.05) is 39.0 Å². The van der Waals surface area contributed by atoms with E-state index in [4.69, 9.17) is 24.7 Å². The molecule has 2 aliphatic rings. The largest absolute Gasteiger partial charge is 0.444 e. The Balaban J connectivity index is 1.34. The summed E-state index contributed by atoms with van der Waals surface area (Å²) >= 11 is 0. The number of carbonyl (C=O) groups is 1. The highest BCUT2D eigenvalue weighted by molar-refractivity contribution is 5.69. The van der Waals surface area contributed by atoms with Crippen molar-refractivity contribution in [3.05, 3.63) is 65.0 Å². The van der Waals surface area contributed by atoms with Gasteiger partial charge in [-0.3, -0.25) is 0 Å². The van der Waals surface area contributed by atoms with E-state index in [-0.39, 0.29) is 17.1 Å². The Morgan fingerprint density at radius 1 is 1.14 bits per heavy atom. The molecule has 2 fully saturated rings. The van der Waals surface area contributed by atoms with Gasteiger partial charge in [0.25, 0.3) is 0 Å². The normalized spacial score (nSPS) is 17.0. The van der Waals surface area contributed by atoms with Gasteiger partial charge in [0, 0.05) is 38.3 Å². The molecule has 1 amide bonds. The summed E-state index contributed by atoms with van der Waals surface area (Å²) in [7, 11) is 0. The fourth-order valence-electron chi connectivity index (χ4n) is 4.47. The van der Waals surface area contributed by atoms with Crippen LogP contribution < -0.4 is 4.90 Å². The summed E-state index contributed by atoms with van der Waals surface area (Å²) in [6, 6.07) is 15.7. The molecule has 2 aromatic carbocycles. The average molecular weight is 507 g/mol. The van der Waals surface area contributed by atoms with Crippen LogP contribution in [-0.4, -0.2) is 55.7 Å². The predicted molar refractivity (Wildman–Crippen MR) is 134 cm³/mol. The Morgan fingerprint density at radius 3 is 2.38 bits per heavy atom. The first-order valence-corrected chi connectivity index (χ1v) is 12.2. The number of anilines is 1. The molecule has 2 heterocycles. The molecule has 0 atom stereocenters. The molecular weight excluding hydrogens is 475 g/mol. The molecule has 0 aromatic heterocycles. The molecule has 1 spiro atoms. The SMILES string of the molecule is CC(C)(C)OC(=O)N1CC2(COC(CCN(Cc3ccc(C#N)c(F)c3)c3ccc(C#N)cc3)OC2)C1. The van der Waals surface area contributed by atoms with Crippen molar-refractivity contribution in [1.82, 2.24) is 4.90 Å². The molecule has 0 bridgehead atoms. The van der Waals surface area contributed by atoms with Crippen LogP contribution in [0.1, 0.15) is 43.9 Å². The lowest BCUT2D eigenvalue weighted by molar-refractivity contribution is -0.254. The topological polar surface area (TPSA) is 98.8 Å². The summed E-state index contributed by atoms with van der Waals surface area (Å²) in [4.78, 5) is 16.0. The number of hydrogen-bond acceptors (Lipinski definition) is 7. The third-order valence-electron chi connectivity index (χ3n) is 6.38. The van der Waals surface area contributed by atoms with Crippen LogP contribution in [0, 0.1) is 33.9 Å². The molecule has 0 aliphatic carbocycles. The van der Waals surface area contributed by atoms with Crippen LogP contribution in [0.2, 0.25) is 0 Å². The lowest BCUT2D eigenvalue weighted by Crippen LogP contribution is -2.65. The summed E-state index contributed by atoms with van der Waals surface area (Å²) in [5.74, 6) is -0.551.